The van der Waals surface area contributed by atoms with Gasteiger partial charge in [-0.1, -0.05) is 33.1 Å². The molecule has 0 N–H and O–H groups in total. The van der Waals surface area contributed by atoms with Crippen molar-refractivity contribution < 1.29 is 4.79 Å². The number of hydrogen-bond acceptors (Lipinski definition) is 2. The van der Waals surface area contributed by atoms with Crippen LogP contribution in [0.25, 0.3) is 0 Å². The molecule has 0 bridgehead atoms. The highest BCUT2D eigenvalue weighted by Crippen LogP contribution is 2.29. The first kappa shape index (κ1) is 12.1. The summed E-state index contributed by atoms with van der Waals surface area (Å²) >= 11 is 1.90. The van der Waals surface area contributed by atoms with E-state index >= 15 is 0 Å². The van der Waals surface area contributed by atoms with Gasteiger partial charge in [0.15, 0.2) is 0 Å². The average Bonchev–Trinajstić information content (AvgIpc) is 2.67. The van der Waals surface area contributed by atoms with E-state index in [1.807, 2.05) is 11.8 Å². The Morgan fingerprint density at radius 3 is 2.64 bits per heavy atom. The lowest BCUT2D eigenvalue weighted by Gasteiger charge is -2.11. The van der Waals surface area contributed by atoms with Crippen molar-refractivity contribution in [3.8, 4) is 0 Å². The standard InChI is InChI=1S/C12H22OS/c1-3-6-10(2)12(13)9-14-11-7-4-5-8-11/h10-11H,3-9H2,1-2H3. The zero-order valence-electron chi connectivity index (χ0n) is 9.42. The Bertz CT molecular complexity index is 173. The Balaban J connectivity index is 2.13. The van der Waals surface area contributed by atoms with E-state index in [0.717, 1.165) is 23.8 Å². The highest BCUT2D eigenvalue weighted by molar-refractivity contribution is 8.00. The van der Waals surface area contributed by atoms with Crippen LogP contribution in [0.3, 0.4) is 0 Å². The molecular weight excluding hydrogens is 192 g/mol. The van der Waals surface area contributed by atoms with E-state index in [0.29, 0.717) is 5.78 Å². The highest BCUT2D eigenvalue weighted by atomic mass is 32.2. The first-order valence-corrected chi connectivity index (χ1v) is 6.93. The normalized spacial score (nSPS) is 19.9. The van der Waals surface area contributed by atoms with Gasteiger partial charge in [0, 0.05) is 11.2 Å². The van der Waals surface area contributed by atoms with E-state index in [4.69, 9.17) is 0 Å². The number of carbonyl (C=O) groups is 1. The summed E-state index contributed by atoms with van der Waals surface area (Å²) in [4.78, 5) is 11.7. The third-order valence-corrected chi connectivity index (χ3v) is 4.43. The van der Waals surface area contributed by atoms with Crippen LogP contribution in [0.4, 0.5) is 0 Å². The molecule has 1 aliphatic carbocycles. The SMILES string of the molecule is CCCC(C)C(=O)CSC1CCCC1. The van der Waals surface area contributed by atoms with Crippen LogP contribution in [-0.2, 0) is 4.79 Å². The summed E-state index contributed by atoms with van der Waals surface area (Å²) in [6.45, 7) is 4.22. The molecule has 0 amide bonds. The minimum absolute atomic E-state index is 0.286. The topological polar surface area (TPSA) is 17.1 Å². The Hall–Kier alpha value is 0.0200. The molecule has 1 aliphatic rings. The molecule has 1 nitrogen and oxygen atoms in total. The quantitative estimate of drug-likeness (QED) is 0.671. The van der Waals surface area contributed by atoms with E-state index in [-0.39, 0.29) is 5.92 Å². The van der Waals surface area contributed by atoms with E-state index in [2.05, 4.69) is 13.8 Å². The van der Waals surface area contributed by atoms with Crippen molar-refractivity contribution in [1.82, 2.24) is 0 Å². The van der Waals surface area contributed by atoms with Crippen LogP contribution in [0, 0.1) is 5.92 Å². The number of hydrogen-bond donors (Lipinski definition) is 0. The molecule has 1 unspecified atom stereocenters. The molecule has 0 aromatic heterocycles. The van der Waals surface area contributed by atoms with Gasteiger partial charge in [-0.2, -0.15) is 11.8 Å². The van der Waals surface area contributed by atoms with Gasteiger partial charge in [0.1, 0.15) is 5.78 Å². The molecule has 14 heavy (non-hydrogen) atoms. The van der Waals surface area contributed by atoms with Gasteiger partial charge in [-0.3, -0.25) is 4.79 Å². The van der Waals surface area contributed by atoms with Crippen LogP contribution in [0.15, 0.2) is 0 Å². The van der Waals surface area contributed by atoms with Gasteiger partial charge in [-0.25, -0.2) is 0 Å². The van der Waals surface area contributed by atoms with Crippen LogP contribution >= 0.6 is 11.8 Å². The summed E-state index contributed by atoms with van der Waals surface area (Å²) in [5.74, 6) is 1.50. The van der Waals surface area contributed by atoms with Crippen LogP contribution in [0.1, 0.15) is 52.4 Å². The highest BCUT2D eigenvalue weighted by Gasteiger charge is 2.18. The summed E-state index contributed by atoms with van der Waals surface area (Å²) in [6, 6.07) is 0. The van der Waals surface area contributed by atoms with Crippen molar-refractivity contribution in [2.45, 2.75) is 57.6 Å². The van der Waals surface area contributed by atoms with Crippen molar-refractivity contribution in [3.05, 3.63) is 0 Å². The van der Waals surface area contributed by atoms with Crippen LogP contribution in [-0.4, -0.2) is 16.8 Å². The molecule has 1 fully saturated rings. The van der Waals surface area contributed by atoms with Crippen molar-refractivity contribution >= 4 is 17.5 Å². The maximum atomic E-state index is 11.7. The Labute approximate surface area is 92.0 Å². The fourth-order valence-electron chi connectivity index (χ4n) is 1.99. The molecule has 0 heterocycles. The Morgan fingerprint density at radius 1 is 1.43 bits per heavy atom. The molecule has 1 saturated carbocycles. The van der Waals surface area contributed by atoms with Gasteiger partial charge in [0.2, 0.25) is 0 Å². The van der Waals surface area contributed by atoms with Crippen LogP contribution in [0.2, 0.25) is 0 Å². The van der Waals surface area contributed by atoms with Gasteiger partial charge in [0.05, 0.1) is 5.75 Å². The summed E-state index contributed by atoms with van der Waals surface area (Å²) in [7, 11) is 0. The third-order valence-electron chi connectivity index (χ3n) is 3.03. The van der Waals surface area contributed by atoms with Crippen molar-refractivity contribution in [1.29, 1.82) is 0 Å². The monoisotopic (exact) mass is 214 g/mol. The minimum atomic E-state index is 0.286. The molecule has 0 radical (unpaired) electrons. The predicted octanol–water partition coefficient (Wildman–Crippen LogP) is 3.67. The number of ketones is 1. The maximum absolute atomic E-state index is 11.7. The molecule has 0 spiro atoms. The maximum Gasteiger partial charge on any atom is 0.145 e. The van der Waals surface area contributed by atoms with E-state index in [1.54, 1.807) is 0 Å². The molecule has 0 saturated heterocycles. The largest absolute Gasteiger partial charge is 0.298 e. The zero-order chi connectivity index (χ0) is 10.4. The molecule has 0 aromatic rings. The fraction of sp³-hybridized carbons (Fsp3) is 0.917. The average molecular weight is 214 g/mol. The predicted molar refractivity (Wildman–Crippen MR) is 63.8 cm³/mol. The summed E-state index contributed by atoms with van der Waals surface area (Å²) in [5.41, 5.74) is 0. The number of Topliss-reactive ketones (excluding diaryl/α,β-unsaturated/α-hetero) is 1. The second kappa shape index (κ2) is 6.49. The van der Waals surface area contributed by atoms with Crippen molar-refractivity contribution in [2.24, 2.45) is 5.92 Å². The smallest absolute Gasteiger partial charge is 0.145 e. The molecule has 1 atom stereocenters. The number of rotatable bonds is 6. The zero-order valence-corrected chi connectivity index (χ0v) is 10.2. The van der Waals surface area contributed by atoms with Gasteiger partial charge in [-0.15, -0.1) is 0 Å². The van der Waals surface area contributed by atoms with E-state index in [1.165, 1.54) is 25.7 Å². The third kappa shape index (κ3) is 4.04. The summed E-state index contributed by atoms with van der Waals surface area (Å²) in [6.07, 6.45) is 7.60. The van der Waals surface area contributed by atoms with Gasteiger partial charge in [-0.05, 0) is 19.3 Å². The molecule has 2 heteroatoms. The van der Waals surface area contributed by atoms with Gasteiger partial charge in [0.25, 0.3) is 0 Å². The Morgan fingerprint density at radius 2 is 2.07 bits per heavy atom. The lowest BCUT2D eigenvalue weighted by atomic mass is 10.0. The lowest BCUT2D eigenvalue weighted by molar-refractivity contribution is -0.120. The Kier molecular flexibility index (Phi) is 5.61. The molecule has 82 valence electrons. The lowest BCUT2D eigenvalue weighted by Crippen LogP contribution is -2.14. The van der Waals surface area contributed by atoms with Crippen molar-refractivity contribution in [2.75, 3.05) is 5.75 Å². The van der Waals surface area contributed by atoms with E-state index in [9.17, 15) is 4.79 Å². The first-order valence-electron chi connectivity index (χ1n) is 5.88. The summed E-state index contributed by atoms with van der Waals surface area (Å²) < 4.78 is 0. The van der Waals surface area contributed by atoms with Gasteiger partial charge < -0.3 is 0 Å². The summed E-state index contributed by atoms with van der Waals surface area (Å²) in [5, 5.41) is 0.785. The van der Waals surface area contributed by atoms with Crippen molar-refractivity contribution in [3.63, 3.8) is 0 Å². The first-order chi connectivity index (χ1) is 6.74. The van der Waals surface area contributed by atoms with Crippen LogP contribution in [0.5, 0.6) is 0 Å². The molecule has 1 rings (SSSR count). The number of thioether (sulfide) groups is 1. The minimum Gasteiger partial charge on any atom is -0.298 e. The number of carbonyl (C=O) groups excluding carboxylic acids is 1. The second-order valence-electron chi connectivity index (χ2n) is 4.37. The molecule has 0 aliphatic heterocycles. The molecule has 0 aromatic carbocycles. The van der Waals surface area contributed by atoms with Crippen LogP contribution < -0.4 is 0 Å². The van der Waals surface area contributed by atoms with Gasteiger partial charge >= 0.3 is 0 Å². The molecular formula is C12H22OS. The second-order valence-corrected chi connectivity index (χ2v) is 5.66. The fourth-order valence-corrected chi connectivity index (χ4v) is 3.34. The van der Waals surface area contributed by atoms with E-state index < -0.39 is 0 Å².